The van der Waals surface area contributed by atoms with E-state index in [0.717, 1.165) is 0 Å². The number of para-hydroxylation sites is 1. The van der Waals surface area contributed by atoms with Crippen molar-refractivity contribution in [3.63, 3.8) is 0 Å². The first-order valence-electron chi connectivity index (χ1n) is 8.08. The van der Waals surface area contributed by atoms with Crippen LogP contribution in [0.25, 0.3) is 10.9 Å². The van der Waals surface area contributed by atoms with E-state index in [1.165, 1.54) is 9.47 Å². The van der Waals surface area contributed by atoms with Gasteiger partial charge in [0.2, 0.25) is 5.91 Å². The summed E-state index contributed by atoms with van der Waals surface area (Å²) >= 11 is 0. The van der Waals surface area contributed by atoms with Crippen LogP contribution in [-0.4, -0.2) is 44.0 Å². The lowest BCUT2D eigenvalue weighted by Gasteiger charge is -2.27. The van der Waals surface area contributed by atoms with Crippen LogP contribution in [0.3, 0.4) is 0 Å². The zero-order chi connectivity index (χ0) is 18.6. The summed E-state index contributed by atoms with van der Waals surface area (Å²) in [6.07, 6.45) is 0.591. The van der Waals surface area contributed by atoms with Crippen molar-refractivity contribution in [3.05, 3.63) is 45.1 Å². The predicted octanol–water partition coefficient (Wildman–Crippen LogP) is 0.792. The minimum atomic E-state index is -1.08. The van der Waals surface area contributed by atoms with E-state index in [2.05, 4.69) is 4.98 Å². The van der Waals surface area contributed by atoms with E-state index in [4.69, 9.17) is 5.11 Å². The summed E-state index contributed by atoms with van der Waals surface area (Å²) in [5, 5.41) is 9.35. The number of aromatic nitrogens is 2. The van der Waals surface area contributed by atoms with Gasteiger partial charge in [-0.05, 0) is 25.5 Å². The van der Waals surface area contributed by atoms with E-state index in [1.807, 2.05) is 6.92 Å². The second-order valence-electron chi connectivity index (χ2n) is 5.85. The van der Waals surface area contributed by atoms with Crippen molar-refractivity contribution >= 4 is 22.8 Å². The van der Waals surface area contributed by atoms with Crippen molar-refractivity contribution < 1.29 is 14.7 Å². The van der Waals surface area contributed by atoms with Crippen LogP contribution in [0.1, 0.15) is 26.7 Å². The van der Waals surface area contributed by atoms with Gasteiger partial charge in [-0.15, -0.1) is 0 Å². The van der Waals surface area contributed by atoms with Crippen LogP contribution < -0.4 is 11.2 Å². The molecule has 2 aromatic rings. The first kappa shape index (κ1) is 18.4. The Morgan fingerprint density at radius 2 is 1.96 bits per heavy atom. The van der Waals surface area contributed by atoms with Gasteiger partial charge in [-0.3, -0.25) is 23.9 Å². The lowest BCUT2D eigenvalue weighted by Crippen LogP contribution is -2.42. The van der Waals surface area contributed by atoms with E-state index in [1.54, 1.807) is 31.2 Å². The molecule has 0 radical (unpaired) electrons. The highest BCUT2D eigenvalue weighted by Crippen LogP contribution is 2.10. The summed E-state index contributed by atoms with van der Waals surface area (Å²) in [6, 6.07) is 6.42. The molecule has 0 aliphatic rings. The van der Waals surface area contributed by atoms with Gasteiger partial charge >= 0.3 is 11.7 Å². The number of hydrogen-bond acceptors (Lipinski definition) is 4. The molecule has 0 saturated carbocycles. The van der Waals surface area contributed by atoms with Crippen molar-refractivity contribution in [2.45, 2.75) is 39.3 Å². The molecule has 0 spiro atoms. The standard InChI is InChI=1S/C17H21N3O5/c1-3-11(2)20(10-15(22)23)14(21)8-9-19-13-7-5-4-6-12(13)16(24)18-17(19)25/h4-7,11H,3,8-10H2,1-2H3,(H,22,23)(H,18,24,25). The van der Waals surface area contributed by atoms with Gasteiger partial charge in [-0.1, -0.05) is 19.1 Å². The number of aliphatic carboxylic acids is 1. The second kappa shape index (κ2) is 7.78. The van der Waals surface area contributed by atoms with Crippen LogP contribution in [0.15, 0.2) is 33.9 Å². The number of fused-ring (bicyclic) bond motifs is 1. The van der Waals surface area contributed by atoms with Crippen molar-refractivity contribution in [3.8, 4) is 0 Å². The van der Waals surface area contributed by atoms with Gasteiger partial charge in [-0.2, -0.15) is 0 Å². The number of H-pyrrole nitrogens is 1. The molecule has 1 heterocycles. The Morgan fingerprint density at radius 1 is 1.28 bits per heavy atom. The minimum absolute atomic E-state index is 0.0342. The minimum Gasteiger partial charge on any atom is -0.480 e. The Morgan fingerprint density at radius 3 is 2.60 bits per heavy atom. The van der Waals surface area contributed by atoms with Crippen molar-refractivity contribution in [1.29, 1.82) is 0 Å². The molecule has 1 atom stereocenters. The highest BCUT2D eigenvalue weighted by Gasteiger charge is 2.21. The Hall–Kier alpha value is -2.90. The molecular formula is C17H21N3O5. The topological polar surface area (TPSA) is 112 Å². The normalized spacial score (nSPS) is 12.1. The molecule has 1 aromatic carbocycles. The van der Waals surface area contributed by atoms with E-state index >= 15 is 0 Å². The Kier molecular flexibility index (Phi) is 5.74. The summed E-state index contributed by atoms with van der Waals surface area (Å²) in [5.74, 6) is -1.43. The molecule has 8 nitrogen and oxygen atoms in total. The molecule has 134 valence electrons. The third-order valence-electron chi connectivity index (χ3n) is 4.20. The maximum Gasteiger partial charge on any atom is 0.328 e. The molecule has 1 aromatic heterocycles. The number of hydrogen-bond donors (Lipinski definition) is 2. The first-order valence-corrected chi connectivity index (χ1v) is 8.08. The van der Waals surface area contributed by atoms with Crippen LogP contribution in [0, 0.1) is 0 Å². The molecule has 0 aliphatic carbocycles. The van der Waals surface area contributed by atoms with Crippen LogP contribution in [0.5, 0.6) is 0 Å². The molecule has 0 bridgehead atoms. The Balaban J connectivity index is 2.27. The van der Waals surface area contributed by atoms with Crippen molar-refractivity contribution in [2.75, 3.05) is 6.54 Å². The number of carbonyl (C=O) groups is 2. The zero-order valence-electron chi connectivity index (χ0n) is 14.2. The highest BCUT2D eigenvalue weighted by atomic mass is 16.4. The van der Waals surface area contributed by atoms with Crippen LogP contribution in [0.2, 0.25) is 0 Å². The quantitative estimate of drug-likeness (QED) is 0.769. The highest BCUT2D eigenvalue weighted by molar-refractivity contribution is 5.82. The summed E-state index contributed by atoms with van der Waals surface area (Å²) < 4.78 is 1.32. The Bertz CT molecular complexity index is 899. The number of carboxylic acids is 1. The van der Waals surface area contributed by atoms with Crippen LogP contribution >= 0.6 is 0 Å². The number of carboxylic acid groups (broad SMARTS) is 1. The summed E-state index contributed by atoms with van der Waals surface area (Å²) in [6.45, 7) is 3.33. The van der Waals surface area contributed by atoms with E-state index in [0.29, 0.717) is 17.3 Å². The number of aromatic amines is 1. The predicted molar refractivity (Wildman–Crippen MR) is 92.5 cm³/mol. The molecule has 1 unspecified atom stereocenters. The third kappa shape index (κ3) is 4.14. The number of nitrogens with zero attached hydrogens (tertiary/aromatic N) is 2. The summed E-state index contributed by atoms with van der Waals surface area (Å²) in [7, 11) is 0. The Labute approximate surface area is 143 Å². The van der Waals surface area contributed by atoms with Gasteiger partial charge in [0.15, 0.2) is 0 Å². The maximum absolute atomic E-state index is 12.4. The molecule has 2 N–H and O–H groups in total. The SMILES string of the molecule is CCC(C)N(CC(=O)O)C(=O)CCn1c(=O)[nH]c(=O)c2ccccc21. The average molecular weight is 347 g/mol. The number of benzene rings is 1. The molecule has 1 amide bonds. The first-order chi connectivity index (χ1) is 11.8. The largest absolute Gasteiger partial charge is 0.480 e. The molecule has 8 heteroatoms. The molecule has 25 heavy (non-hydrogen) atoms. The van der Waals surface area contributed by atoms with Crippen molar-refractivity contribution in [2.24, 2.45) is 0 Å². The number of nitrogens with one attached hydrogen (secondary N) is 1. The smallest absolute Gasteiger partial charge is 0.328 e. The average Bonchev–Trinajstić information content (AvgIpc) is 2.58. The molecular weight excluding hydrogens is 326 g/mol. The zero-order valence-corrected chi connectivity index (χ0v) is 14.2. The number of carbonyl (C=O) groups excluding carboxylic acids is 1. The van der Waals surface area contributed by atoms with Gasteiger partial charge < -0.3 is 10.0 Å². The van der Waals surface area contributed by atoms with Crippen LogP contribution in [-0.2, 0) is 16.1 Å². The molecule has 2 rings (SSSR count). The molecule has 0 fully saturated rings. The van der Waals surface area contributed by atoms with Gasteiger partial charge in [0.25, 0.3) is 5.56 Å². The van der Waals surface area contributed by atoms with Gasteiger partial charge in [0.05, 0.1) is 10.9 Å². The van der Waals surface area contributed by atoms with Gasteiger partial charge in [0, 0.05) is 19.0 Å². The summed E-state index contributed by atoms with van der Waals surface area (Å²) in [4.78, 5) is 50.9. The number of rotatable bonds is 7. The fourth-order valence-corrected chi connectivity index (χ4v) is 2.67. The number of amides is 1. The fraction of sp³-hybridized carbons (Fsp3) is 0.412. The van der Waals surface area contributed by atoms with Gasteiger partial charge in [0.1, 0.15) is 6.54 Å². The lowest BCUT2D eigenvalue weighted by molar-refractivity contribution is -0.146. The fourth-order valence-electron chi connectivity index (χ4n) is 2.67. The van der Waals surface area contributed by atoms with Gasteiger partial charge in [-0.25, -0.2) is 4.79 Å². The number of aryl methyl sites for hydroxylation is 1. The molecule has 0 aliphatic heterocycles. The lowest BCUT2D eigenvalue weighted by atomic mass is 10.2. The van der Waals surface area contributed by atoms with E-state index in [9.17, 15) is 19.2 Å². The monoisotopic (exact) mass is 347 g/mol. The van der Waals surface area contributed by atoms with E-state index in [-0.39, 0.29) is 31.5 Å². The second-order valence-corrected chi connectivity index (χ2v) is 5.85. The van der Waals surface area contributed by atoms with Crippen molar-refractivity contribution in [1.82, 2.24) is 14.5 Å². The van der Waals surface area contributed by atoms with Crippen LogP contribution in [0.4, 0.5) is 0 Å². The van der Waals surface area contributed by atoms with E-state index < -0.39 is 17.2 Å². The third-order valence-corrected chi connectivity index (χ3v) is 4.20. The summed E-state index contributed by atoms with van der Waals surface area (Å²) in [5.41, 5.74) is -0.627. The molecule has 0 saturated heterocycles. The maximum atomic E-state index is 12.4.